The van der Waals surface area contributed by atoms with Crippen molar-refractivity contribution in [1.29, 1.82) is 0 Å². The molecule has 2 heterocycles. The van der Waals surface area contributed by atoms with Crippen LogP contribution in [-0.4, -0.2) is 23.1 Å². The highest BCUT2D eigenvalue weighted by atomic mass is 79.9. The van der Waals surface area contributed by atoms with Gasteiger partial charge in [0.1, 0.15) is 16.5 Å². The van der Waals surface area contributed by atoms with Gasteiger partial charge in [-0.3, -0.25) is 4.79 Å². The van der Waals surface area contributed by atoms with Crippen LogP contribution in [0.15, 0.2) is 62.2 Å². The molecule has 0 N–H and O–H groups in total. The van der Waals surface area contributed by atoms with Crippen LogP contribution in [0.2, 0.25) is 5.02 Å². The third-order valence-electron chi connectivity index (χ3n) is 4.21. The average molecular weight is 451 g/mol. The second-order valence-electron chi connectivity index (χ2n) is 5.91. The summed E-state index contributed by atoms with van der Waals surface area (Å²) in [6, 6.07) is 14.4. The van der Waals surface area contributed by atoms with Crippen LogP contribution in [0.1, 0.15) is 21.3 Å². The molecule has 1 aromatic heterocycles. The van der Waals surface area contributed by atoms with Crippen molar-refractivity contribution < 1.29 is 9.21 Å². The Hall–Kier alpha value is -1.76. The van der Waals surface area contributed by atoms with E-state index >= 15 is 0 Å². The fraction of sp³-hybridized carbons (Fsp3) is 0.158. The largest absolute Gasteiger partial charge is 0.422 e. The van der Waals surface area contributed by atoms with Gasteiger partial charge in [-0.05, 0) is 42.0 Å². The zero-order chi connectivity index (χ0) is 18.3. The summed E-state index contributed by atoms with van der Waals surface area (Å²) in [4.78, 5) is 27.1. The van der Waals surface area contributed by atoms with Gasteiger partial charge in [0.25, 0.3) is 5.91 Å². The van der Waals surface area contributed by atoms with Gasteiger partial charge in [0.15, 0.2) is 0 Å². The lowest BCUT2D eigenvalue weighted by Gasteiger charge is -2.24. The average Bonchev–Trinajstić information content (AvgIpc) is 3.11. The number of amides is 1. The van der Waals surface area contributed by atoms with Gasteiger partial charge in [-0.1, -0.05) is 39.7 Å². The molecule has 1 saturated heterocycles. The van der Waals surface area contributed by atoms with E-state index in [4.69, 9.17) is 16.0 Å². The van der Waals surface area contributed by atoms with Gasteiger partial charge in [0.2, 0.25) is 0 Å². The van der Waals surface area contributed by atoms with Crippen LogP contribution in [0.5, 0.6) is 0 Å². The lowest BCUT2D eigenvalue weighted by atomic mass is 10.1. The highest BCUT2D eigenvalue weighted by Crippen LogP contribution is 2.39. The molecule has 0 unspecified atom stereocenters. The van der Waals surface area contributed by atoms with Gasteiger partial charge in [-0.15, -0.1) is 11.8 Å². The second kappa shape index (κ2) is 7.10. The van der Waals surface area contributed by atoms with E-state index in [2.05, 4.69) is 15.9 Å². The molecule has 4 rings (SSSR count). The van der Waals surface area contributed by atoms with Crippen LogP contribution in [0.25, 0.3) is 11.0 Å². The molecule has 1 atom stereocenters. The molecular weight excluding hydrogens is 438 g/mol. The van der Waals surface area contributed by atoms with Gasteiger partial charge >= 0.3 is 5.63 Å². The molecule has 0 bridgehead atoms. The molecule has 1 aliphatic heterocycles. The summed E-state index contributed by atoms with van der Waals surface area (Å²) in [6.07, 6.45) is 0. The van der Waals surface area contributed by atoms with E-state index in [9.17, 15) is 9.59 Å². The van der Waals surface area contributed by atoms with Crippen molar-refractivity contribution in [3.05, 3.63) is 79.6 Å². The smallest absolute Gasteiger partial charge is 0.349 e. The molecule has 0 spiro atoms. The topological polar surface area (TPSA) is 50.5 Å². The van der Waals surface area contributed by atoms with Gasteiger partial charge in [0.05, 0.1) is 0 Å². The number of hydrogen-bond acceptors (Lipinski definition) is 4. The van der Waals surface area contributed by atoms with E-state index in [1.54, 1.807) is 40.9 Å². The molecule has 132 valence electrons. The van der Waals surface area contributed by atoms with Crippen LogP contribution < -0.4 is 5.63 Å². The maximum Gasteiger partial charge on any atom is 0.349 e. The number of benzene rings is 2. The van der Waals surface area contributed by atoms with Crippen molar-refractivity contribution in [3.8, 4) is 0 Å². The van der Waals surface area contributed by atoms with Gasteiger partial charge < -0.3 is 9.32 Å². The molecule has 26 heavy (non-hydrogen) atoms. The van der Waals surface area contributed by atoms with E-state index in [0.29, 0.717) is 22.5 Å². The zero-order valence-corrected chi connectivity index (χ0v) is 16.6. The Labute approximate surface area is 167 Å². The Morgan fingerprint density at radius 1 is 1.23 bits per heavy atom. The first-order valence-corrected chi connectivity index (χ1v) is 10.2. The number of thioether (sulfide) groups is 1. The van der Waals surface area contributed by atoms with Gasteiger partial charge in [-0.2, -0.15) is 0 Å². The number of hydrogen-bond donors (Lipinski definition) is 0. The molecule has 0 radical (unpaired) electrons. The van der Waals surface area contributed by atoms with Crippen molar-refractivity contribution in [2.75, 3.05) is 12.3 Å². The highest BCUT2D eigenvalue weighted by molar-refractivity contribution is 9.10. The number of halogens is 2. The first-order chi connectivity index (χ1) is 12.5. The molecule has 1 fully saturated rings. The molecule has 2 aromatic carbocycles. The Balaban J connectivity index is 1.73. The van der Waals surface area contributed by atoms with Crippen LogP contribution in [-0.2, 0) is 0 Å². The molecule has 4 nitrogen and oxygen atoms in total. The number of nitrogens with zero attached hydrogens (tertiary/aromatic N) is 1. The summed E-state index contributed by atoms with van der Waals surface area (Å²) in [5.74, 6) is 0.475. The van der Waals surface area contributed by atoms with Crippen molar-refractivity contribution >= 4 is 56.2 Å². The monoisotopic (exact) mass is 449 g/mol. The minimum Gasteiger partial charge on any atom is -0.422 e. The Morgan fingerprint density at radius 2 is 2.08 bits per heavy atom. The zero-order valence-electron chi connectivity index (χ0n) is 13.4. The molecule has 0 aliphatic carbocycles. The highest BCUT2D eigenvalue weighted by Gasteiger charge is 2.33. The normalized spacial score (nSPS) is 17.0. The molecule has 1 amide bonds. The number of fused-ring (bicyclic) bond motifs is 1. The summed E-state index contributed by atoms with van der Waals surface area (Å²) in [5.41, 5.74) is 0.829. The van der Waals surface area contributed by atoms with Crippen molar-refractivity contribution in [2.24, 2.45) is 0 Å². The van der Waals surface area contributed by atoms with Crippen molar-refractivity contribution in [2.45, 2.75) is 5.37 Å². The van der Waals surface area contributed by atoms with Crippen molar-refractivity contribution in [3.63, 3.8) is 0 Å². The number of rotatable bonds is 2. The lowest BCUT2D eigenvalue weighted by Crippen LogP contribution is -2.33. The summed E-state index contributed by atoms with van der Waals surface area (Å²) in [5, 5.41) is 1.16. The minimum absolute atomic E-state index is 0.0464. The SMILES string of the molecule is O=C(c1cc2cc(Br)ccc2oc1=O)N1CCS[C@H]1c1cccc(Cl)c1. The Morgan fingerprint density at radius 3 is 2.88 bits per heavy atom. The first-order valence-electron chi connectivity index (χ1n) is 7.94. The van der Waals surface area contributed by atoms with Gasteiger partial charge in [0, 0.05) is 27.2 Å². The molecule has 1 aliphatic rings. The first kappa shape index (κ1) is 17.6. The number of carbonyl (C=O) groups is 1. The molecule has 0 saturated carbocycles. The molecule has 3 aromatic rings. The lowest BCUT2D eigenvalue weighted by molar-refractivity contribution is 0.0756. The van der Waals surface area contributed by atoms with Crippen LogP contribution >= 0.6 is 39.3 Å². The summed E-state index contributed by atoms with van der Waals surface area (Å²) < 4.78 is 6.19. The quantitative estimate of drug-likeness (QED) is 0.510. The van der Waals surface area contributed by atoms with Crippen molar-refractivity contribution in [1.82, 2.24) is 4.90 Å². The van der Waals surface area contributed by atoms with Gasteiger partial charge in [-0.25, -0.2) is 4.79 Å². The Bertz CT molecular complexity index is 1070. The standard InChI is InChI=1S/C19H13BrClNO3S/c20-13-4-5-16-12(8-13)10-15(19(24)25-16)17(23)22-6-7-26-18(22)11-2-1-3-14(21)9-11/h1-5,8-10,18H,6-7H2/t18-/m0/s1. The molecule has 7 heteroatoms. The predicted molar refractivity (Wildman–Crippen MR) is 108 cm³/mol. The summed E-state index contributed by atoms with van der Waals surface area (Å²) >= 11 is 11.1. The number of carbonyl (C=O) groups excluding carboxylic acids is 1. The summed E-state index contributed by atoms with van der Waals surface area (Å²) in [7, 11) is 0. The second-order valence-corrected chi connectivity index (χ2v) is 8.45. The van der Waals surface area contributed by atoms with E-state index in [1.165, 1.54) is 0 Å². The molecular formula is C19H13BrClNO3S. The van der Waals surface area contributed by atoms with E-state index in [0.717, 1.165) is 15.8 Å². The third-order valence-corrected chi connectivity index (χ3v) is 6.20. The van der Waals surface area contributed by atoms with E-state index in [1.807, 2.05) is 24.3 Å². The fourth-order valence-electron chi connectivity index (χ4n) is 3.01. The third kappa shape index (κ3) is 3.29. The summed E-state index contributed by atoms with van der Waals surface area (Å²) in [6.45, 7) is 0.566. The predicted octanol–water partition coefficient (Wildman–Crippen LogP) is 5.10. The maximum absolute atomic E-state index is 13.1. The Kier molecular flexibility index (Phi) is 4.82. The van der Waals surface area contributed by atoms with Crippen LogP contribution in [0.3, 0.4) is 0 Å². The van der Waals surface area contributed by atoms with Crippen LogP contribution in [0, 0.1) is 0 Å². The minimum atomic E-state index is -0.619. The van der Waals surface area contributed by atoms with Crippen LogP contribution in [0.4, 0.5) is 0 Å². The van der Waals surface area contributed by atoms with E-state index < -0.39 is 5.63 Å². The maximum atomic E-state index is 13.1. The fourth-order valence-corrected chi connectivity index (χ4v) is 4.84. The van der Waals surface area contributed by atoms with E-state index in [-0.39, 0.29) is 16.8 Å².